The summed E-state index contributed by atoms with van der Waals surface area (Å²) in [4.78, 5) is 0. The van der Waals surface area contributed by atoms with Crippen LogP contribution in [0.4, 0.5) is 0 Å². The van der Waals surface area contributed by atoms with Crippen molar-refractivity contribution in [1.82, 2.24) is 0 Å². The van der Waals surface area contributed by atoms with Crippen LogP contribution in [0, 0.1) is 17.3 Å². The van der Waals surface area contributed by atoms with Gasteiger partial charge in [0, 0.05) is 0 Å². The highest BCUT2D eigenvalue weighted by Gasteiger charge is 2.29. The van der Waals surface area contributed by atoms with Gasteiger partial charge in [0.25, 0.3) is 0 Å². The van der Waals surface area contributed by atoms with Crippen molar-refractivity contribution in [3.63, 3.8) is 0 Å². The van der Waals surface area contributed by atoms with Crippen LogP contribution in [0.25, 0.3) is 0 Å². The quantitative estimate of drug-likeness (QED) is 0.538. The van der Waals surface area contributed by atoms with Crippen molar-refractivity contribution in [2.45, 2.75) is 53.4 Å². The van der Waals surface area contributed by atoms with Gasteiger partial charge in [0.15, 0.2) is 0 Å². The van der Waals surface area contributed by atoms with E-state index < -0.39 is 0 Å². The molecule has 0 aromatic carbocycles. The van der Waals surface area contributed by atoms with Crippen molar-refractivity contribution in [3.05, 3.63) is 0 Å². The molecule has 0 saturated heterocycles. The normalized spacial score (nSPS) is 24.0. The Morgan fingerprint density at radius 2 is 1.55 bits per heavy atom. The topological polar surface area (TPSA) is 0 Å². The summed E-state index contributed by atoms with van der Waals surface area (Å²) in [6, 6.07) is 0. The summed E-state index contributed by atoms with van der Waals surface area (Å²) in [6.07, 6.45) is 5.92. The smallest absolute Gasteiger partial charge is 0.0354 e. The fourth-order valence-electron chi connectivity index (χ4n) is 2.16. The maximum atomic E-state index is 2.43. The lowest BCUT2D eigenvalue weighted by Gasteiger charge is -2.32. The van der Waals surface area contributed by atoms with E-state index in [1.165, 1.54) is 25.7 Å². The molecule has 0 spiro atoms. The van der Waals surface area contributed by atoms with E-state index in [2.05, 4.69) is 27.7 Å². The summed E-state index contributed by atoms with van der Waals surface area (Å²) < 4.78 is 0. The second kappa shape index (κ2) is 3.16. The van der Waals surface area contributed by atoms with E-state index in [1.807, 2.05) is 0 Å². The van der Waals surface area contributed by atoms with Gasteiger partial charge in [0.05, 0.1) is 0 Å². The fraction of sp³-hybridized carbons (Fsp3) is 1.00. The minimum absolute atomic E-state index is 0.523. The van der Waals surface area contributed by atoms with Crippen molar-refractivity contribution < 1.29 is 0 Å². The zero-order valence-electron chi connectivity index (χ0n) is 8.48. The van der Waals surface area contributed by atoms with Crippen molar-refractivity contribution in [2.24, 2.45) is 17.3 Å². The summed E-state index contributed by atoms with van der Waals surface area (Å²) in [5, 5.41) is 0. The molecule has 1 aliphatic carbocycles. The molecule has 1 rings (SSSR count). The molecule has 0 radical (unpaired) electrons. The molecule has 0 heteroatoms. The van der Waals surface area contributed by atoms with Crippen LogP contribution in [0.2, 0.25) is 0 Å². The van der Waals surface area contributed by atoms with Gasteiger partial charge in [0.2, 0.25) is 0 Å². The van der Waals surface area contributed by atoms with Crippen molar-refractivity contribution in [3.8, 4) is 0 Å². The Morgan fingerprint density at radius 3 is 1.91 bits per heavy atom. The molecule has 0 heterocycles. The average Bonchev–Trinajstić information content (AvgIpc) is 2.34. The van der Waals surface area contributed by atoms with Crippen LogP contribution < -0.4 is 0 Å². The molecule has 0 nitrogen and oxygen atoms in total. The second-order valence-electron chi connectivity index (χ2n) is 5.20. The summed E-state index contributed by atoms with van der Waals surface area (Å²) in [6.45, 7) is 9.54. The van der Waals surface area contributed by atoms with Crippen LogP contribution in [0.15, 0.2) is 0 Å². The number of hydrogen-bond acceptors (Lipinski definition) is 0. The highest BCUT2D eigenvalue weighted by molar-refractivity contribution is 4.80. The number of rotatable bonds is 1. The molecule has 0 amide bonds. The monoisotopic (exact) mass is 154 g/mol. The van der Waals surface area contributed by atoms with E-state index in [0.29, 0.717) is 5.41 Å². The first-order chi connectivity index (χ1) is 5.02. The first-order valence-electron chi connectivity index (χ1n) is 5.02. The molecular formula is C11H22. The Kier molecular flexibility index (Phi) is 2.61. The summed E-state index contributed by atoms with van der Waals surface area (Å²) in [5.41, 5.74) is 0.523. The largest absolute Gasteiger partial charge is 0.0617 e. The van der Waals surface area contributed by atoms with Crippen LogP contribution in [0.1, 0.15) is 53.4 Å². The van der Waals surface area contributed by atoms with Gasteiger partial charge in [-0.25, -0.2) is 0 Å². The van der Waals surface area contributed by atoms with E-state index in [4.69, 9.17) is 0 Å². The Hall–Kier alpha value is 0. The van der Waals surface area contributed by atoms with Gasteiger partial charge in [-0.05, 0) is 17.3 Å². The van der Waals surface area contributed by atoms with Crippen LogP contribution >= 0.6 is 0 Å². The van der Waals surface area contributed by atoms with Crippen molar-refractivity contribution in [1.29, 1.82) is 0 Å². The summed E-state index contributed by atoms with van der Waals surface area (Å²) >= 11 is 0. The summed E-state index contributed by atoms with van der Waals surface area (Å²) in [5.74, 6) is 1.93. The van der Waals surface area contributed by atoms with Crippen LogP contribution in [-0.4, -0.2) is 0 Å². The molecule has 0 aromatic heterocycles. The average molecular weight is 154 g/mol. The minimum Gasteiger partial charge on any atom is -0.0617 e. The van der Waals surface area contributed by atoms with Gasteiger partial charge < -0.3 is 0 Å². The molecule has 66 valence electrons. The van der Waals surface area contributed by atoms with E-state index in [9.17, 15) is 0 Å². The molecule has 0 aromatic rings. The lowest BCUT2D eigenvalue weighted by Crippen LogP contribution is -2.23. The van der Waals surface area contributed by atoms with Gasteiger partial charge in [-0.3, -0.25) is 0 Å². The Morgan fingerprint density at radius 1 is 1.09 bits per heavy atom. The van der Waals surface area contributed by atoms with Gasteiger partial charge in [-0.15, -0.1) is 0 Å². The molecule has 0 N–H and O–H groups in total. The van der Waals surface area contributed by atoms with Crippen LogP contribution in [-0.2, 0) is 0 Å². The van der Waals surface area contributed by atoms with E-state index >= 15 is 0 Å². The molecule has 11 heavy (non-hydrogen) atoms. The molecule has 1 fully saturated rings. The van der Waals surface area contributed by atoms with Gasteiger partial charge >= 0.3 is 0 Å². The van der Waals surface area contributed by atoms with Crippen LogP contribution in [0.3, 0.4) is 0 Å². The van der Waals surface area contributed by atoms with E-state index in [-0.39, 0.29) is 0 Å². The first kappa shape index (κ1) is 9.09. The number of hydrogen-bond donors (Lipinski definition) is 0. The molecule has 0 aliphatic heterocycles. The molecule has 0 bridgehead atoms. The predicted octanol–water partition coefficient (Wildman–Crippen LogP) is 3.86. The third-order valence-corrected chi connectivity index (χ3v) is 3.47. The summed E-state index contributed by atoms with van der Waals surface area (Å²) in [7, 11) is 0. The highest BCUT2D eigenvalue weighted by Crippen LogP contribution is 2.40. The maximum Gasteiger partial charge on any atom is -0.0354 e. The fourth-order valence-corrected chi connectivity index (χ4v) is 2.16. The zero-order chi connectivity index (χ0) is 8.48. The Labute approximate surface area is 71.4 Å². The van der Waals surface area contributed by atoms with Crippen molar-refractivity contribution in [2.75, 3.05) is 0 Å². The SMILES string of the molecule is C[C@H](C1CCCC1)C(C)(C)C. The Balaban J connectivity index is 2.46. The van der Waals surface area contributed by atoms with Gasteiger partial charge in [-0.1, -0.05) is 53.4 Å². The maximum absolute atomic E-state index is 2.43. The molecule has 1 atom stereocenters. The first-order valence-corrected chi connectivity index (χ1v) is 5.02. The van der Waals surface area contributed by atoms with Crippen molar-refractivity contribution >= 4 is 0 Å². The van der Waals surface area contributed by atoms with Crippen LogP contribution in [0.5, 0.6) is 0 Å². The highest BCUT2D eigenvalue weighted by atomic mass is 14.3. The second-order valence-corrected chi connectivity index (χ2v) is 5.20. The van der Waals surface area contributed by atoms with E-state index in [0.717, 1.165) is 11.8 Å². The van der Waals surface area contributed by atoms with E-state index in [1.54, 1.807) is 0 Å². The van der Waals surface area contributed by atoms with Gasteiger partial charge in [-0.2, -0.15) is 0 Å². The predicted molar refractivity (Wildman–Crippen MR) is 50.6 cm³/mol. The lowest BCUT2D eigenvalue weighted by atomic mass is 9.74. The molecular weight excluding hydrogens is 132 g/mol. The van der Waals surface area contributed by atoms with Gasteiger partial charge in [0.1, 0.15) is 0 Å². The lowest BCUT2D eigenvalue weighted by molar-refractivity contribution is 0.179. The zero-order valence-corrected chi connectivity index (χ0v) is 8.48. The Bertz CT molecular complexity index is 112. The standard InChI is InChI=1S/C11H22/c1-9(11(2,3)4)10-7-5-6-8-10/h9-10H,5-8H2,1-4H3/t9-/m1/s1. The molecule has 1 aliphatic rings. The molecule has 1 saturated carbocycles. The minimum atomic E-state index is 0.523. The third kappa shape index (κ3) is 2.21. The third-order valence-electron chi connectivity index (χ3n) is 3.47. The molecule has 0 unspecified atom stereocenters.